The predicted molar refractivity (Wildman–Crippen MR) is 116 cm³/mol. The zero-order chi connectivity index (χ0) is 18.4. The number of nitrogens with zero attached hydrogens (tertiary/aromatic N) is 2. The van der Waals surface area contributed by atoms with Gasteiger partial charge in [-0.1, -0.05) is 27.7 Å². The topological polar surface area (TPSA) is 83.0 Å². The predicted octanol–water partition coefficient (Wildman–Crippen LogP) is 1.89. The van der Waals surface area contributed by atoms with Gasteiger partial charge in [-0.2, -0.15) is 0 Å². The Bertz CT molecular complexity index is 441. The van der Waals surface area contributed by atoms with E-state index in [0.717, 1.165) is 19.6 Å². The fourth-order valence-corrected chi connectivity index (χ4v) is 3.47. The van der Waals surface area contributed by atoms with Crippen molar-refractivity contribution in [3.05, 3.63) is 0 Å². The highest BCUT2D eigenvalue weighted by Gasteiger charge is 2.18. The minimum Gasteiger partial charge on any atom is -0.381 e. The molecule has 2 N–H and O–H groups in total. The third-order valence-electron chi connectivity index (χ3n) is 3.26. The molecule has 0 fully saturated rings. The SMILES string of the molecule is CCNC(=NCCCOCC(C)C)NCCS(=O)(=O)N(CC)CC.I. The normalized spacial score (nSPS) is 12.4. The van der Waals surface area contributed by atoms with Crippen molar-refractivity contribution in [2.45, 2.75) is 41.0 Å². The average Bonchev–Trinajstić information content (AvgIpc) is 2.51. The molecule has 0 bridgehead atoms. The van der Waals surface area contributed by atoms with Crippen molar-refractivity contribution >= 4 is 40.0 Å². The van der Waals surface area contributed by atoms with Crippen molar-refractivity contribution in [2.75, 3.05) is 51.7 Å². The van der Waals surface area contributed by atoms with Gasteiger partial charge in [-0.05, 0) is 19.3 Å². The highest BCUT2D eigenvalue weighted by atomic mass is 127. The minimum atomic E-state index is -3.21. The van der Waals surface area contributed by atoms with Crippen LogP contribution in [0.5, 0.6) is 0 Å². The van der Waals surface area contributed by atoms with Crippen LogP contribution in [0.4, 0.5) is 0 Å². The number of hydrogen-bond donors (Lipinski definition) is 2. The van der Waals surface area contributed by atoms with E-state index < -0.39 is 10.0 Å². The van der Waals surface area contributed by atoms with Gasteiger partial charge in [0.2, 0.25) is 10.0 Å². The summed E-state index contributed by atoms with van der Waals surface area (Å²) >= 11 is 0. The summed E-state index contributed by atoms with van der Waals surface area (Å²) in [6.07, 6.45) is 0.848. The third kappa shape index (κ3) is 13.7. The molecule has 0 aliphatic carbocycles. The van der Waals surface area contributed by atoms with E-state index in [1.54, 1.807) is 0 Å². The molecule has 0 radical (unpaired) electrons. The minimum absolute atomic E-state index is 0. The summed E-state index contributed by atoms with van der Waals surface area (Å²) in [5.74, 6) is 1.26. The van der Waals surface area contributed by atoms with Crippen molar-refractivity contribution < 1.29 is 13.2 Å². The molecule has 0 rings (SSSR count). The molecule has 152 valence electrons. The van der Waals surface area contributed by atoms with Gasteiger partial charge in [-0.15, -0.1) is 24.0 Å². The standard InChI is InChI=1S/C16H36N4O3S.HI/c1-6-17-16(18-10-9-12-23-14-15(4)5)19-11-13-24(21,22)20(7-2)8-3;/h15H,6-14H2,1-5H3,(H2,17,18,19);1H. The van der Waals surface area contributed by atoms with E-state index in [9.17, 15) is 8.42 Å². The summed E-state index contributed by atoms with van der Waals surface area (Å²) in [5.41, 5.74) is 0. The lowest BCUT2D eigenvalue weighted by Crippen LogP contribution is -2.42. The van der Waals surface area contributed by atoms with Gasteiger partial charge in [-0.3, -0.25) is 4.99 Å². The summed E-state index contributed by atoms with van der Waals surface area (Å²) in [7, 11) is -3.21. The first-order valence-corrected chi connectivity index (χ1v) is 10.6. The lowest BCUT2D eigenvalue weighted by Gasteiger charge is -2.19. The summed E-state index contributed by atoms with van der Waals surface area (Å²) < 4.78 is 31.3. The molecular formula is C16H37IN4O3S. The van der Waals surface area contributed by atoms with Crippen LogP contribution in [0.3, 0.4) is 0 Å². The van der Waals surface area contributed by atoms with Gasteiger partial charge in [0.15, 0.2) is 5.96 Å². The second kappa shape index (κ2) is 16.1. The number of nitrogens with one attached hydrogen (secondary N) is 2. The van der Waals surface area contributed by atoms with E-state index in [0.29, 0.717) is 44.7 Å². The molecule has 9 heteroatoms. The molecule has 0 heterocycles. The van der Waals surface area contributed by atoms with E-state index in [2.05, 4.69) is 29.5 Å². The number of hydrogen-bond acceptors (Lipinski definition) is 4. The molecule has 0 aliphatic rings. The Labute approximate surface area is 171 Å². The van der Waals surface area contributed by atoms with Gasteiger partial charge in [0.05, 0.1) is 5.75 Å². The number of rotatable bonds is 13. The summed E-state index contributed by atoms with van der Waals surface area (Å²) in [6, 6.07) is 0. The van der Waals surface area contributed by atoms with E-state index in [1.807, 2.05) is 20.8 Å². The lowest BCUT2D eigenvalue weighted by molar-refractivity contribution is 0.109. The molecule has 0 aromatic carbocycles. The Kier molecular flexibility index (Phi) is 17.4. The van der Waals surface area contributed by atoms with E-state index in [-0.39, 0.29) is 29.7 Å². The number of guanidine groups is 1. The maximum atomic E-state index is 12.1. The Hall–Kier alpha value is -0.130. The van der Waals surface area contributed by atoms with Crippen LogP contribution in [0, 0.1) is 5.92 Å². The molecule has 0 aliphatic heterocycles. The van der Waals surface area contributed by atoms with E-state index in [4.69, 9.17) is 4.74 Å². The zero-order valence-electron chi connectivity index (χ0n) is 16.4. The zero-order valence-corrected chi connectivity index (χ0v) is 19.5. The second-order valence-electron chi connectivity index (χ2n) is 5.91. The largest absolute Gasteiger partial charge is 0.381 e. The molecule has 25 heavy (non-hydrogen) atoms. The molecule has 0 atom stereocenters. The highest BCUT2D eigenvalue weighted by molar-refractivity contribution is 14.0. The highest BCUT2D eigenvalue weighted by Crippen LogP contribution is 1.99. The first kappa shape index (κ1) is 27.1. The first-order valence-electron chi connectivity index (χ1n) is 8.95. The molecule has 0 amide bonds. The number of sulfonamides is 1. The molecule has 0 spiro atoms. The quantitative estimate of drug-likeness (QED) is 0.178. The first-order chi connectivity index (χ1) is 11.4. The van der Waals surface area contributed by atoms with Crippen molar-refractivity contribution in [1.82, 2.24) is 14.9 Å². The molecule has 0 saturated carbocycles. The van der Waals surface area contributed by atoms with Crippen molar-refractivity contribution in [1.29, 1.82) is 0 Å². The van der Waals surface area contributed by atoms with Crippen LogP contribution in [0.2, 0.25) is 0 Å². The Morgan fingerprint density at radius 3 is 2.32 bits per heavy atom. The fourth-order valence-electron chi connectivity index (χ4n) is 2.06. The fraction of sp³-hybridized carbons (Fsp3) is 0.938. The third-order valence-corrected chi connectivity index (χ3v) is 5.29. The number of halogens is 1. The lowest BCUT2D eigenvalue weighted by atomic mass is 10.2. The summed E-state index contributed by atoms with van der Waals surface area (Å²) in [5, 5.41) is 6.21. The van der Waals surface area contributed by atoms with Crippen molar-refractivity contribution in [3.8, 4) is 0 Å². The number of ether oxygens (including phenoxy) is 1. The molecule has 0 saturated heterocycles. The van der Waals surface area contributed by atoms with Gasteiger partial charge in [-0.25, -0.2) is 12.7 Å². The van der Waals surface area contributed by atoms with Crippen molar-refractivity contribution in [3.63, 3.8) is 0 Å². The van der Waals surface area contributed by atoms with Crippen LogP contribution in [0.15, 0.2) is 4.99 Å². The summed E-state index contributed by atoms with van der Waals surface area (Å²) in [4.78, 5) is 4.44. The Morgan fingerprint density at radius 1 is 1.16 bits per heavy atom. The van der Waals surface area contributed by atoms with Crippen LogP contribution in [0.25, 0.3) is 0 Å². The van der Waals surface area contributed by atoms with E-state index >= 15 is 0 Å². The van der Waals surface area contributed by atoms with Crippen LogP contribution >= 0.6 is 24.0 Å². The van der Waals surface area contributed by atoms with Crippen molar-refractivity contribution in [2.24, 2.45) is 10.9 Å². The van der Waals surface area contributed by atoms with Gasteiger partial charge < -0.3 is 15.4 Å². The van der Waals surface area contributed by atoms with Gasteiger partial charge >= 0.3 is 0 Å². The number of aliphatic imine (C=N–C) groups is 1. The summed E-state index contributed by atoms with van der Waals surface area (Å²) in [6.45, 7) is 14.1. The Balaban J connectivity index is 0. The van der Waals surface area contributed by atoms with Crippen LogP contribution in [-0.4, -0.2) is 70.4 Å². The van der Waals surface area contributed by atoms with Crippen LogP contribution < -0.4 is 10.6 Å². The molecule has 0 aromatic heterocycles. The van der Waals surface area contributed by atoms with Gasteiger partial charge in [0.1, 0.15) is 0 Å². The smallest absolute Gasteiger partial charge is 0.215 e. The van der Waals surface area contributed by atoms with Gasteiger partial charge in [0.25, 0.3) is 0 Å². The molecule has 0 unspecified atom stereocenters. The molecule has 0 aromatic rings. The second-order valence-corrected chi connectivity index (χ2v) is 8.00. The maximum Gasteiger partial charge on any atom is 0.215 e. The average molecular weight is 492 g/mol. The van der Waals surface area contributed by atoms with E-state index in [1.165, 1.54) is 4.31 Å². The molecular weight excluding hydrogens is 455 g/mol. The van der Waals surface area contributed by atoms with Crippen LogP contribution in [0.1, 0.15) is 41.0 Å². The molecule has 7 nitrogen and oxygen atoms in total. The monoisotopic (exact) mass is 492 g/mol. The maximum absolute atomic E-state index is 12.1. The van der Waals surface area contributed by atoms with Gasteiger partial charge in [0, 0.05) is 45.9 Å². The van der Waals surface area contributed by atoms with Crippen LogP contribution in [-0.2, 0) is 14.8 Å². The Morgan fingerprint density at radius 2 is 1.80 bits per heavy atom.